The zero-order chi connectivity index (χ0) is 17.2. The van der Waals surface area contributed by atoms with Crippen molar-refractivity contribution in [1.29, 1.82) is 0 Å². The number of nitro benzene ring substituents is 1. The van der Waals surface area contributed by atoms with Gasteiger partial charge in [0, 0.05) is 18.8 Å². The average Bonchev–Trinajstić information content (AvgIpc) is 2.35. The Morgan fingerprint density at radius 1 is 1.23 bits per heavy atom. The minimum absolute atomic E-state index is 0.121. The normalized spacial score (nSPS) is 17.4. The van der Waals surface area contributed by atoms with Crippen LogP contribution < -0.4 is 4.52 Å². The second kappa shape index (κ2) is 6.34. The summed E-state index contributed by atoms with van der Waals surface area (Å²) in [6.07, 6.45) is 0. The summed E-state index contributed by atoms with van der Waals surface area (Å²) in [5.41, 5.74) is -3.21. The maximum Gasteiger partial charge on any atom is 0.376 e. The van der Waals surface area contributed by atoms with E-state index >= 15 is 0 Å². The molecule has 0 radical (unpaired) electrons. The Hall–Kier alpha value is -1.47. The van der Waals surface area contributed by atoms with Crippen molar-refractivity contribution in [2.24, 2.45) is 0 Å². The fourth-order valence-electron chi connectivity index (χ4n) is 1.27. The highest BCUT2D eigenvalue weighted by Gasteiger charge is 2.39. The number of aliphatic hydroxyl groups is 2. The molecule has 0 aliphatic heterocycles. The second-order valence-electron chi connectivity index (χ2n) is 5.72. The van der Waals surface area contributed by atoms with Crippen LogP contribution in [-0.4, -0.2) is 39.6 Å². The summed E-state index contributed by atoms with van der Waals surface area (Å²) in [4.78, 5) is 9.97. The maximum absolute atomic E-state index is 12.2. The van der Waals surface area contributed by atoms with Gasteiger partial charge in [-0.15, -0.1) is 0 Å². The van der Waals surface area contributed by atoms with Gasteiger partial charge < -0.3 is 14.7 Å². The lowest BCUT2D eigenvalue weighted by atomic mass is 9.89. The summed E-state index contributed by atoms with van der Waals surface area (Å²) in [7, 11) is -3.56. The standard InChI is InChI=1S/C13H20NO7P/c1-12(2,15)13(3,16)9-20-22(4,19)21-11-7-5-10(6-8-11)14(17)18/h5-8,15-16H,9H2,1-4H3. The number of rotatable bonds is 7. The van der Waals surface area contributed by atoms with E-state index in [1.807, 2.05) is 0 Å². The molecule has 2 unspecified atom stereocenters. The van der Waals surface area contributed by atoms with Crippen LogP contribution in [0.5, 0.6) is 5.75 Å². The third-order valence-corrected chi connectivity index (χ3v) is 4.36. The van der Waals surface area contributed by atoms with Crippen LogP contribution in [-0.2, 0) is 9.09 Å². The topological polar surface area (TPSA) is 119 Å². The van der Waals surface area contributed by atoms with Crippen molar-refractivity contribution in [2.75, 3.05) is 13.3 Å². The molecule has 22 heavy (non-hydrogen) atoms. The first-order chi connectivity index (χ1) is 9.84. The largest absolute Gasteiger partial charge is 0.425 e. The van der Waals surface area contributed by atoms with Gasteiger partial charge in [0.25, 0.3) is 5.69 Å². The van der Waals surface area contributed by atoms with Crippen molar-refractivity contribution in [3.63, 3.8) is 0 Å². The molecule has 0 bridgehead atoms. The smallest absolute Gasteiger partial charge is 0.376 e. The lowest BCUT2D eigenvalue weighted by Crippen LogP contribution is -2.50. The monoisotopic (exact) mass is 333 g/mol. The fourth-order valence-corrected chi connectivity index (χ4v) is 2.31. The van der Waals surface area contributed by atoms with E-state index in [1.54, 1.807) is 0 Å². The van der Waals surface area contributed by atoms with E-state index in [0.29, 0.717) is 0 Å². The predicted molar refractivity (Wildman–Crippen MR) is 80.1 cm³/mol. The fraction of sp³-hybridized carbons (Fsp3) is 0.538. The van der Waals surface area contributed by atoms with E-state index in [4.69, 9.17) is 9.05 Å². The summed E-state index contributed by atoms with van der Waals surface area (Å²) < 4.78 is 22.5. The summed E-state index contributed by atoms with van der Waals surface area (Å²) in [6, 6.07) is 5.02. The van der Waals surface area contributed by atoms with Crippen molar-refractivity contribution in [3.05, 3.63) is 34.4 Å². The molecule has 2 N–H and O–H groups in total. The molecule has 0 spiro atoms. The van der Waals surface area contributed by atoms with Gasteiger partial charge in [0.1, 0.15) is 11.4 Å². The maximum atomic E-state index is 12.2. The first-order valence-electron chi connectivity index (χ1n) is 6.45. The molecule has 2 atom stereocenters. The molecule has 0 aliphatic carbocycles. The van der Waals surface area contributed by atoms with Crippen LogP contribution >= 0.6 is 7.60 Å². The molecule has 1 rings (SSSR count). The Balaban J connectivity index is 2.72. The minimum atomic E-state index is -3.56. The minimum Gasteiger partial charge on any atom is -0.425 e. The predicted octanol–water partition coefficient (Wildman–Crippen LogP) is 2.33. The SMILES string of the molecule is CC(C)(O)C(C)(O)COP(C)(=O)Oc1ccc([N+](=O)[O-])cc1. The molecule has 0 aromatic heterocycles. The number of nitrogens with zero attached hydrogens (tertiary/aromatic N) is 1. The highest BCUT2D eigenvalue weighted by atomic mass is 31.2. The molecule has 0 aliphatic rings. The lowest BCUT2D eigenvalue weighted by Gasteiger charge is -2.35. The lowest BCUT2D eigenvalue weighted by molar-refractivity contribution is -0.384. The van der Waals surface area contributed by atoms with Crippen LogP contribution in [0.4, 0.5) is 5.69 Å². The summed E-state index contributed by atoms with van der Waals surface area (Å²) >= 11 is 0. The molecule has 0 saturated carbocycles. The van der Waals surface area contributed by atoms with Crippen LogP contribution in [0, 0.1) is 10.1 Å². The first kappa shape index (κ1) is 18.6. The Labute approximate surface area is 128 Å². The van der Waals surface area contributed by atoms with E-state index in [9.17, 15) is 24.9 Å². The quantitative estimate of drug-likeness (QED) is 0.446. The van der Waals surface area contributed by atoms with Gasteiger partial charge >= 0.3 is 7.60 Å². The molecule has 0 heterocycles. The molecule has 8 nitrogen and oxygen atoms in total. The Morgan fingerprint density at radius 2 is 1.73 bits per heavy atom. The van der Waals surface area contributed by atoms with Gasteiger partial charge in [0.15, 0.2) is 0 Å². The highest BCUT2D eigenvalue weighted by Crippen LogP contribution is 2.45. The molecule has 0 amide bonds. The van der Waals surface area contributed by atoms with E-state index < -0.39 is 30.3 Å². The third-order valence-electron chi connectivity index (χ3n) is 3.22. The molecule has 9 heteroatoms. The Kier molecular flexibility index (Phi) is 5.35. The van der Waals surface area contributed by atoms with Crippen molar-refractivity contribution in [1.82, 2.24) is 0 Å². The van der Waals surface area contributed by atoms with E-state index in [-0.39, 0.29) is 11.4 Å². The van der Waals surface area contributed by atoms with Crippen molar-refractivity contribution in [2.45, 2.75) is 32.0 Å². The summed E-state index contributed by atoms with van der Waals surface area (Å²) in [5.74, 6) is 0.138. The Morgan fingerprint density at radius 3 is 2.14 bits per heavy atom. The van der Waals surface area contributed by atoms with E-state index in [0.717, 1.165) is 0 Å². The number of non-ortho nitro benzene ring substituents is 1. The van der Waals surface area contributed by atoms with Crippen LogP contribution in [0.3, 0.4) is 0 Å². The zero-order valence-electron chi connectivity index (χ0n) is 12.8. The zero-order valence-corrected chi connectivity index (χ0v) is 13.7. The molecule has 1 aromatic carbocycles. The van der Waals surface area contributed by atoms with Crippen LogP contribution in [0.1, 0.15) is 20.8 Å². The molecule has 124 valence electrons. The number of hydrogen-bond donors (Lipinski definition) is 2. The van der Waals surface area contributed by atoms with Crippen molar-refractivity contribution in [3.8, 4) is 5.75 Å². The van der Waals surface area contributed by atoms with Gasteiger partial charge in [-0.2, -0.15) is 0 Å². The van der Waals surface area contributed by atoms with Gasteiger partial charge in [0.05, 0.1) is 17.1 Å². The van der Waals surface area contributed by atoms with Gasteiger partial charge in [-0.05, 0) is 32.9 Å². The van der Waals surface area contributed by atoms with Gasteiger partial charge in [-0.1, -0.05) is 0 Å². The van der Waals surface area contributed by atoms with Crippen LogP contribution in [0.15, 0.2) is 24.3 Å². The van der Waals surface area contributed by atoms with Gasteiger partial charge in [-0.3, -0.25) is 14.6 Å². The van der Waals surface area contributed by atoms with Crippen LogP contribution in [0.2, 0.25) is 0 Å². The second-order valence-corrected chi connectivity index (χ2v) is 7.70. The highest BCUT2D eigenvalue weighted by molar-refractivity contribution is 7.53. The molecule has 1 aromatic rings. The third kappa shape index (κ3) is 5.06. The first-order valence-corrected chi connectivity index (χ1v) is 8.44. The number of hydrogen-bond acceptors (Lipinski definition) is 7. The Bertz CT molecular complexity index is 577. The summed E-state index contributed by atoms with van der Waals surface area (Å²) in [5, 5.41) is 30.4. The van der Waals surface area contributed by atoms with Crippen molar-refractivity contribution >= 4 is 13.3 Å². The van der Waals surface area contributed by atoms with E-state index in [1.165, 1.54) is 51.7 Å². The average molecular weight is 333 g/mol. The van der Waals surface area contributed by atoms with E-state index in [2.05, 4.69) is 0 Å². The van der Waals surface area contributed by atoms with Gasteiger partial charge in [0.2, 0.25) is 0 Å². The van der Waals surface area contributed by atoms with Crippen LogP contribution in [0.25, 0.3) is 0 Å². The molecular formula is C13H20NO7P. The molecule has 0 fully saturated rings. The van der Waals surface area contributed by atoms with Crippen molar-refractivity contribution < 1.29 is 28.7 Å². The number of nitro groups is 1. The molecular weight excluding hydrogens is 313 g/mol. The van der Waals surface area contributed by atoms with Gasteiger partial charge in [-0.25, -0.2) is 4.57 Å². The summed E-state index contributed by atoms with van der Waals surface area (Å²) in [6.45, 7) is 4.94. The number of benzene rings is 1. The molecule has 0 saturated heterocycles.